The second-order valence-corrected chi connectivity index (χ2v) is 7.06. The summed E-state index contributed by atoms with van der Waals surface area (Å²) in [6.45, 7) is 6.23. The monoisotopic (exact) mass is 324 g/mol. The molecule has 2 N–H and O–H groups in total. The summed E-state index contributed by atoms with van der Waals surface area (Å²) in [5.41, 5.74) is -1.34. The van der Waals surface area contributed by atoms with Gasteiger partial charge in [0.1, 0.15) is 5.60 Å². The molecule has 0 saturated carbocycles. The number of piperidine rings is 1. The molecule has 0 aromatic rings. The molecule has 0 aromatic carbocycles. The highest BCUT2D eigenvalue weighted by Crippen LogP contribution is 2.45. The predicted octanol–water partition coefficient (Wildman–Crippen LogP) is 2.21. The van der Waals surface area contributed by atoms with E-state index in [0.29, 0.717) is 19.5 Å². The third-order valence-corrected chi connectivity index (χ3v) is 4.11. The van der Waals surface area contributed by atoms with Crippen molar-refractivity contribution in [1.29, 1.82) is 0 Å². The number of carbonyl (C=O) groups excluding carboxylic acids is 1. The first kappa shape index (κ1) is 17.3. The Morgan fingerprint density at radius 1 is 1.36 bits per heavy atom. The molecule has 0 radical (unpaired) electrons. The Hall–Kier alpha value is -1.02. The molecule has 0 aliphatic carbocycles. The van der Waals surface area contributed by atoms with Crippen LogP contribution >= 0.6 is 0 Å². The number of halogens is 3. The van der Waals surface area contributed by atoms with Gasteiger partial charge < -0.3 is 20.1 Å². The molecule has 0 bridgehead atoms. The SMILES string of the molecule is CC(C)(C)OC(=O)NC1CNCCC12CO[C@@H](C(F)(F)F)C2. The van der Waals surface area contributed by atoms with Crippen molar-refractivity contribution in [3.05, 3.63) is 0 Å². The van der Waals surface area contributed by atoms with Crippen LogP contribution in [-0.4, -0.2) is 49.7 Å². The van der Waals surface area contributed by atoms with E-state index in [1.54, 1.807) is 20.8 Å². The number of nitrogens with one attached hydrogen (secondary N) is 2. The lowest BCUT2D eigenvalue weighted by atomic mass is 9.73. The summed E-state index contributed by atoms with van der Waals surface area (Å²) in [6.07, 6.45) is -6.34. The maximum absolute atomic E-state index is 12.9. The van der Waals surface area contributed by atoms with E-state index < -0.39 is 35.4 Å². The Bertz CT molecular complexity index is 423. The van der Waals surface area contributed by atoms with E-state index in [0.717, 1.165) is 0 Å². The molecule has 1 amide bonds. The number of alkyl carbamates (subject to hydrolysis) is 1. The Kier molecular flexibility index (Phi) is 4.64. The van der Waals surface area contributed by atoms with Crippen LogP contribution in [0.2, 0.25) is 0 Å². The van der Waals surface area contributed by atoms with E-state index in [1.165, 1.54) is 0 Å². The van der Waals surface area contributed by atoms with Gasteiger partial charge in [-0.1, -0.05) is 0 Å². The summed E-state index contributed by atoms with van der Waals surface area (Å²) in [5.74, 6) is 0. The highest BCUT2D eigenvalue weighted by molar-refractivity contribution is 5.68. The smallest absolute Gasteiger partial charge is 0.414 e. The third-order valence-electron chi connectivity index (χ3n) is 4.11. The van der Waals surface area contributed by atoms with Crippen LogP contribution in [-0.2, 0) is 9.47 Å². The zero-order valence-electron chi connectivity index (χ0n) is 13.0. The fraction of sp³-hybridized carbons (Fsp3) is 0.929. The van der Waals surface area contributed by atoms with Gasteiger partial charge in [0, 0.05) is 12.0 Å². The standard InChI is InChI=1S/C14H23F3N2O3/c1-12(2,3)22-11(20)19-9-7-18-5-4-13(9)6-10(21-8-13)14(15,16)17/h9-10,18H,4-8H2,1-3H3,(H,19,20)/t9?,10-,13?/m1/s1. The van der Waals surface area contributed by atoms with Gasteiger partial charge in [-0.3, -0.25) is 0 Å². The molecule has 2 unspecified atom stereocenters. The number of amides is 1. The Morgan fingerprint density at radius 2 is 2.05 bits per heavy atom. The van der Waals surface area contributed by atoms with Crippen molar-refractivity contribution in [1.82, 2.24) is 10.6 Å². The summed E-state index contributed by atoms with van der Waals surface area (Å²) < 4.78 is 48.7. The summed E-state index contributed by atoms with van der Waals surface area (Å²) in [5, 5.41) is 5.81. The lowest BCUT2D eigenvalue weighted by molar-refractivity contribution is -0.206. The zero-order chi connectivity index (χ0) is 16.6. The average molecular weight is 324 g/mol. The second-order valence-electron chi connectivity index (χ2n) is 7.06. The van der Waals surface area contributed by atoms with Crippen LogP contribution in [0.1, 0.15) is 33.6 Å². The normalized spacial score (nSPS) is 33.0. The fourth-order valence-corrected chi connectivity index (χ4v) is 3.01. The first-order valence-electron chi connectivity index (χ1n) is 7.40. The highest BCUT2D eigenvalue weighted by Gasteiger charge is 2.55. The molecule has 2 aliphatic rings. The van der Waals surface area contributed by atoms with Gasteiger partial charge in [0.25, 0.3) is 0 Å². The van der Waals surface area contributed by atoms with Gasteiger partial charge in [0.05, 0.1) is 12.6 Å². The first-order valence-corrected chi connectivity index (χ1v) is 7.40. The van der Waals surface area contributed by atoms with Crippen molar-refractivity contribution in [2.75, 3.05) is 19.7 Å². The molecule has 2 saturated heterocycles. The maximum Gasteiger partial charge on any atom is 0.414 e. The predicted molar refractivity (Wildman–Crippen MR) is 73.5 cm³/mol. The van der Waals surface area contributed by atoms with E-state index in [4.69, 9.17) is 9.47 Å². The third kappa shape index (κ3) is 4.04. The molecule has 8 heteroatoms. The fourth-order valence-electron chi connectivity index (χ4n) is 3.01. The van der Waals surface area contributed by atoms with Crippen molar-refractivity contribution < 1.29 is 27.4 Å². The number of carbonyl (C=O) groups is 1. The van der Waals surface area contributed by atoms with E-state index in [9.17, 15) is 18.0 Å². The molecule has 2 heterocycles. The molecule has 3 atom stereocenters. The van der Waals surface area contributed by atoms with Gasteiger partial charge in [-0.25, -0.2) is 4.79 Å². The van der Waals surface area contributed by atoms with E-state index >= 15 is 0 Å². The minimum Gasteiger partial charge on any atom is -0.444 e. The van der Waals surface area contributed by atoms with Gasteiger partial charge in [-0.05, 0) is 40.2 Å². The molecule has 2 aliphatic heterocycles. The molecule has 2 rings (SSSR count). The summed E-state index contributed by atoms with van der Waals surface area (Å²) in [7, 11) is 0. The number of ether oxygens (including phenoxy) is 2. The van der Waals surface area contributed by atoms with Crippen molar-refractivity contribution in [3.63, 3.8) is 0 Å². The average Bonchev–Trinajstić information content (AvgIpc) is 2.75. The number of hydrogen-bond acceptors (Lipinski definition) is 4. The summed E-state index contributed by atoms with van der Waals surface area (Å²) in [6, 6.07) is -0.441. The number of alkyl halides is 3. The summed E-state index contributed by atoms with van der Waals surface area (Å²) in [4.78, 5) is 11.9. The van der Waals surface area contributed by atoms with Crippen LogP contribution < -0.4 is 10.6 Å². The summed E-state index contributed by atoms with van der Waals surface area (Å²) >= 11 is 0. The van der Waals surface area contributed by atoms with Crippen molar-refractivity contribution in [2.45, 2.75) is 57.5 Å². The highest BCUT2D eigenvalue weighted by atomic mass is 19.4. The van der Waals surface area contributed by atoms with Crippen LogP contribution in [0.25, 0.3) is 0 Å². The van der Waals surface area contributed by atoms with Crippen LogP contribution in [0.5, 0.6) is 0 Å². The van der Waals surface area contributed by atoms with E-state index in [1.807, 2.05) is 0 Å². The van der Waals surface area contributed by atoms with Crippen LogP contribution in [0, 0.1) is 5.41 Å². The molecular weight excluding hydrogens is 301 g/mol. The minimum absolute atomic E-state index is 0.000673. The van der Waals surface area contributed by atoms with Crippen LogP contribution in [0.4, 0.5) is 18.0 Å². The van der Waals surface area contributed by atoms with Crippen LogP contribution in [0.15, 0.2) is 0 Å². The van der Waals surface area contributed by atoms with E-state index in [2.05, 4.69) is 10.6 Å². The van der Waals surface area contributed by atoms with Crippen LogP contribution in [0.3, 0.4) is 0 Å². The van der Waals surface area contributed by atoms with Crippen molar-refractivity contribution in [2.24, 2.45) is 5.41 Å². The van der Waals surface area contributed by atoms with Crippen molar-refractivity contribution >= 4 is 6.09 Å². The second kappa shape index (κ2) is 5.88. The van der Waals surface area contributed by atoms with Gasteiger partial charge in [0.2, 0.25) is 0 Å². The molecule has 128 valence electrons. The molecule has 22 heavy (non-hydrogen) atoms. The Morgan fingerprint density at radius 3 is 2.59 bits per heavy atom. The van der Waals surface area contributed by atoms with Gasteiger partial charge in [0.15, 0.2) is 6.10 Å². The number of hydrogen-bond donors (Lipinski definition) is 2. The van der Waals surface area contributed by atoms with Gasteiger partial charge in [-0.2, -0.15) is 13.2 Å². The zero-order valence-corrected chi connectivity index (χ0v) is 13.0. The molecule has 1 spiro atoms. The topological polar surface area (TPSA) is 59.6 Å². The largest absolute Gasteiger partial charge is 0.444 e. The number of rotatable bonds is 1. The molecule has 5 nitrogen and oxygen atoms in total. The molecular formula is C14H23F3N2O3. The maximum atomic E-state index is 12.9. The van der Waals surface area contributed by atoms with Gasteiger partial charge in [-0.15, -0.1) is 0 Å². The molecule has 2 fully saturated rings. The Labute approximate surface area is 127 Å². The molecule has 0 aromatic heterocycles. The van der Waals surface area contributed by atoms with Gasteiger partial charge >= 0.3 is 12.3 Å². The lowest BCUT2D eigenvalue weighted by Gasteiger charge is -2.41. The van der Waals surface area contributed by atoms with E-state index in [-0.39, 0.29) is 13.0 Å². The lowest BCUT2D eigenvalue weighted by Crippen LogP contribution is -2.58. The quantitative estimate of drug-likeness (QED) is 0.776. The minimum atomic E-state index is -4.37. The van der Waals surface area contributed by atoms with Crippen molar-refractivity contribution in [3.8, 4) is 0 Å². The Balaban J connectivity index is 2.05. The first-order chi connectivity index (χ1) is 10.0.